The maximum absolute atomic E-state index is 13.8. The highest BCUT2D eigenvalue weighted by Gasteiger charge is 2.37. The third kappa shape index (κ3) is 4.36. The average molecular weight is 382 g/mol. The highest BCUT2D eigenvalue weighted by Crippen LogP contribution is 2.31. The summed E-state index contributed by atoms with van der Waals surface area (Å²) in [6.45, 7) is 3.59. The Morgan fingerprint density at radius 1 is 1.11 bits per heavy atom. The van der Waals surface area contributed by atoms with Gasteiger partial charge in [-0.15, -0.1) is 0 Å². The van der Waals surface area contributed by atoms with E-state index in [0.29, 0.717) is 24.6 Å². The summed E-state index contributed by atoms with van der Waals surface area (Å²) in [5, 5.41) is 3.11. The number of nitrogens with one attached hydrogen (secondary N) is 1. The van der Waals surface area contributed by atoms with Gasteiger partial charge in [0, 0.05) is 13.1 Å². The molecule has 4 nitrogen and oxygen atoms in total. The summed E-state index contributed by atoms with van der Waals surface area (Å²) in [6.07, 6.45) is 2.78. The fourth-order valence-electron chi connectivity index (χ4n) is 4.34. The molecule has 3 heterocycles. The topological polar surface area (TPSA) is 41.6 Å². The zero-order chi connectivity index (χ0) is 19.3. The highest BCUT2D eigenvalue weighted by atomic mass is 19.1. The quantitative estimate of drug-likeness (QED) is 0.734. The van der Waals surface area contributed by atoms with Gasteiger partial charge in [0.25, 0.3) is 0 Å². The summed E-state index contributed by atoms with van der Waals surface area (Å²) in [7, 11) is 0. The highest BCUT2D eigenvalue weighted by molar-refractivity contribution is 5.78. The predicted molar refractivity (Wildman–Crippen MR) is 108 cm³/mol. The number of ether oxygens (including phenoxy) is 1. The standard InChI is InChI=1S/C23H27FN2O2/c24-20-8-4-5-9-21(20)25-13-10-19(17-6-2-1-3-7-17)23(27)28-22-16-26-14-11-18(22)12-15-26/h1-9,18-19,22,25H,10-16H2. The third-order valence-electron chi connectivity index (χ3n) is 5.97. The van der Waals surface area contributed by atoms with Gasteiger partial charge in [0.05, 0.1) is 11.6 Å². The van der Waals surface area contributed by atoms with Crippen LogP contribution in [0.4, 0.5) is 10.1 Å². The van der Waals surface area contributed by atoms with Crippen molar-refractivity contribution < 1.29 is 13.9 Å². The van der Waals surface area contributed by atoms with E-state index in [1.54, 1.807) is 18.2 Å². The Kier molecular flexibility index (Phi) is 5.91. The van der Waals surface area contributed by atoms with Crippen molar-refractivity contribution in [3.8, 4) is 0 Å². The van der Waals surface area contributed by atoms with Crippen LogP contribution < -0.4 is 5.32 Å². The first kappa shape index (κ1) is 18.9. The minimum Gasteiger partial charge on any atom is -0.460 e. The lowest BCUT2D eigenvalue weighted by Gasteiger charge is -2.44. The van der Waals surface area contributed by atoms with Gasteiger partial charge in [-0.05, 0) is 56.0 Å². The molecule has 2 aromatic carbocycles. The lowest BCUT2D eigenvalue weighted by Crippen LogP contribution is -2.52. The Bertz CT molecular complexity index is 790. The summed E-state index contributed by atoms with van der Waals surface area (Å²) < 4.78 is 19.8. The van der Waals surface area contributed by atoms with Crippen molar-refractivity contribution in [2.45, 2.75) is 31.3 Å². The summed E-state index contributed by atoms with van der Waals surface area (Å²) >= 11 is 0. The van der Waals surface area contributed by atoms with Gasteiger partial charge < -0.3 is 10.1 Å². The lowest BCUT2D eigenvalue weighted by atomic mass is 9.85. The van der Waals surface area contributed by atoms with Gasteiger partial charge in [-0.3, -0.25) is 9.69 Å². The van der Waals surface area contributed by atoms with Crippen molar-refractivity contribution in [3.05, 3.63) is 66.0 Å². The first-order valence-corrected chi connectivity index (χ1v) is 10.2. The van der Waals surface area contributed by atoms with Gasteiger partial charge in [-0.1, -0.05) is 42.5 Å². The number of piperidine rings is 3. The molecule has 0 aromatic heterocycles. The maximum atomic E-state index is 13.8. The van der Waals surface area contributed by atoms with Crippen molar-refractivity contribution in [1.82, 2.24) is 4.90 Å². The number of hydrogen-bond donors (Lipinski definition) is 1. The van der Waals surface area contributed by atoms with Gasteiger partial charge in [0.2, 0.25) is 0 Å². The predicted octanol–water partition coefficient (Wildman–Crippen LogP) is 4.05. The first-order valence-electron chi connectivity index (χ1n) is 10.2. The van der Waals surface area contributed by atoms with Crippen molar-refractivity contribution >= 4 is 11.7 Å². The van der Waals surface area contributed by atoms with Crippen LogP contribution in [0.25, 0.3) is 0 Å². The molecule has 2 unspecified atom stereocenters. The Balaban J connectivity index is 1.41. The molecule has 3 saturated heterocycles. The molecule has 3 fully saturated rings. The van der Waals surface area contributed by atoms with Crippen LogP contribution in [0.15, 0.2) is 54.6 Å². The minimum atomic E-state index is -0.351. The SMILES string of the molecule is O=C(OC1CN2CCC1CC2)C(CCNc1ccccc1F)c1ccccc1. The molecule has 0 radical (unpaired) electrons. The smallest absolute Gasteiger partial charge is 0.313 e. The number of para-hydroxylation sites is 1. The van der Waals surface area contributed by atoms with Gasteiger partial charge >= 0.3 is 5.97 Å². The Labute approximate surface area is 165 Å². The van der Waals surface area contributed by atoms with Crippen LogP contribution in [-0.4, -0.2) is 43.2 Å². The summed E-state index contributed by atoms with van der Waals surface area (Å²) in [5.74, 6) is -0.313. The van der Waals surface area contributed by atoms with Gasteiger partial charge in [-0.2, -0.15) is 0 Å². The summed E-state index contributed by atoms with van der Waals surface area (Å²) in [4.78, 5) is 15.4. The molecule has 0 spiro atoms. The third-order valence-corrected chi connectivity index (χ3v) is 5.97. The molecule has 2 bridgehead atoms. The largest absolute Gasteiger partial charge is 0.460 e. The number of rotatable bonds is 7. The van der Waals surface area contributed by atoms with E-state index in [2.05, 4.69) is 10.2 Å². The second-order valence-corrected chi connectivity index (χ2v) is 7.77. The number of anilines is 1. The molecule has 0 aliphatic carbocycles. The fourth-order valence-corrected chi connectivity index (χ4v) is 4.34. The Morgan fingerprint density at radius 2 is 1.82 bits per heavy atom. The molecule has 1 N–H and O–H groups in total. The number of nitrogens with zero attached hydrogens (tertiary/aromatic N) is 1. The average Bonchev–Trinajstić information content (AvgIpc) is 2.74. The van der Waals surface area contributed by atoms with Crippen LogP contribution >= 0.6 is 0 Å². The zero-order valence-electron chi connectivity index (χ0n) is 16.0. The van der Waals surface area contributed by atoms with Crippen LogP contribution in [0.2, 0.25) is 0 Å². The number of fused-ring (bicyclic) bond motifs is 3. The molecule has 3 aliphatic rings. The van der Waals surface area contributed by atoms with E-state index in [4.69, 9.17) is 4.74 Å². The number of benzene rings is 2. The van der Waals surface area contributed by atoms with E-state index in [9.17, 15) is 9.18 Å². The van der Waals surface area contributed by atoms with Crippen molar-refractivity contribution in [1.29, 1.82) is 0 Å². The number of esters is 1. The molecule has 3 aliphatic heterocycles. The van der Waals surface area contributed by atoms with Crippen LogP contribution in [-0.2, 0) is 9.53 Å². The van der Waals surface area contributed by atoms with Crippen molar-refractivity contribution in [2.75, 3.05) is 31.5 Å². The van der Waals surface area contributed by atoms with Crippen molar-refractivity contribution in [3.63, 3.8) is 0 Å². The molecule has 0 amide bonds. The lowest BCUT2D eigenvalue weighted by molar-refractivity contribution is -0.160. The van der Waals surface area contributed by atoms with Crippen LogP contribution in [0, 0.1) is 11.7 Å². The number of halogens is 1. The first-order chi connectivity index (χ1) is 13.7. The van der Waals surface area contributed by atoms with Gasteiger partial charge in [0.1, 0.15) is 11.9 Å². The number of carbonyl (C=O) groups excluding carboxylic acids is 1. The molecule has 2 aromatic rings. The number of hydrogen-bond acceptors (Lipinski definition) is 4. The summed E-state index contributed by atoms with van der Waals surface area (Å²) in [5.41, 5.74) is 1.41. The van der Waals surface area contributed by atoms with Crippen molar-refractivity contribution in [2.24, 2.45) is 5.92 Å². The molecular formula is C23H27FN2O2. The van der Waals surface area contributed by atoms with Crippen LogP contribution in [0.3, 0.4) is 0 Å². The van der Waals surface area contributed by atoms with E-state index in [-0.39, 0.29) is 23.8 Å². The second-order valence-electron chi connectivity index (χ2n) is 7.77. The second kappa shape index (κ2) is 8.74. The summed E-state index contributed by atoms with van der Waals surface area (Å²) in [6, 6.07) is 16.3. The molecule has 5 rings (SSSR count). The normalized spacial score (nSPS) is 24.5. The molecule has 28 heavy (non-hydrogen) atoms. The number of carbonyl (C=O) groups is 1. The fraction of sp³-hybridized carbons (Fsp3) is 0.435. The van der Waals surface area contributed by atoms with Gasteiger partial charge in [-0.25, -0.2) is 4.39 Å². The van der Waals surface area contributed by atoms with Crippen LogP contribution in [0.1, 0.15) is 30.7 Å². The Morgan fingerprint density at radius 3 is 2.50 bits per heavy atom. The van der Waals surface area contributed by atoms with Crippen LogP contribution in [0.5, 0.6) is 0 Å². The molecular weight excluding hydrogens is 355 g/mol. The maximum Gasteiger partial charge on any atom is 0.313 e. The van der Waals surface area contributed by atoms with E-state index >= 15 is 0 Å². The molecule has 5 heteroatoms. The molecule has 148 valence electrons. The van der Waals surface area contributed by atoms with E-state index in [1.807, 2.05) is 30.3 Å². The molecule has 2 atom stereocenters. The zero-order valence-corrected chi connectivity index (χ0v) is 16.0. The minimum absolute atomic E-state index is 0.000684. The van der Waals surface area contributed by atoms with E-state index in [0.717, 1.165) is 38.0 Å². The van der Waals surface area contributed by atoms with E-state index < -0.39 is 0 Å². The monoisotopic (exact) mass is 382 g/mol. The van der Waals surface area contributed by atoms with E-state index in [1.165, 1.54) is 6.07 Å². The Hall–Kier alpha value is -2.40. The van der Waals surface area contributed by atoms with Gasteiger partial charge in [0.15, 0.2) is 0 Å². The molecule has 0 saturated carbocycles.